The molecule has 0 spiro atoms. The van der Waals surface area contributed by atoms with Crippen molar-refractivity contribution in [2.75, 3.05) is 40.5 Å². The van der Waals surface area contributed by atoms with E-state index in [2.05, 4.69) is 27.8 Å². The number of methoxy groups -OCH3 is 1. The Hall–Kier alpha value is -2.57. The van der Waals surface area contributed by atoms with Crippen LogP contribution >= 0.6 is 0 Å². The zero-order valence-corrected chi connectivity index (χ0v) is 16.1. The van der Waals surface area contributed by atoms with Crippen LogP contribution in [0.15, 0.2) is 59.6 Å². The molecule has 0 aliphatic carbocycles. The number of guanidine groups is 1. The molecule has 2 aromatic carbocycles. The molecule has 6 heteroatoms. The Kier molecular flexibility index (Phi) is 9.78. The van der Waals surface area contributed by atoms with Gasteiger partial charge in [-0.25, -0.2) is 0 Å². The number of hydrogen-bond acceptors (Lipinski definition) is 4. The molecule has 0 amide bonds. The molecule has 0 bridgehead atoms. The summed E-state index contributed by atoms with van der Waals surface area (Å²) < 4.78 is 16.7. The van der Waals surface area contributed by atoms with E-state index in [1.54, 1.807) is 14.2 Å². The fraction of sp³-hybridized carbons (Fsp3) is 0.381. The summed E-state index contributed by atoms with van der Waals surface area (Å²) in [7, 11) is 3.41. The van der Waals surface area contributed by atoms with Gasteiger partial charge >= 0.3 is 0 Å². The predicted octanol–water partition coefficient (Wildman–Crippen LogP) is 2.59. The van der Waals surface area contributed by atoms with Gasteiger partial charge in [-0.3, -0.25) is 4.99 Å². The minimum atomic E-state index is 0.519. The molecule has 2 aromatic rings. The lowest BCUT2D eigenvalue weighted by atomic mass is 10.2. The lowest BCUT2D eigenvalue weighted by Crippen LogP contribution is -2.40. The molecule has 2 rings (SSSR count). The van der Waals surface area contributed by atoms with Crippen LogP contribution in [0, 0.1) is 0 Å². The van der Waals surface area contributed by atoms with E-state index in [0.29, 0.717) is 39.5 Å². The van der Waals surface area contributed by atoms with Crippen LogP contribution in [0.3, 0.4) is 0 Å². The van der Waals surface area contributed by atoms with Crippen molar-refractivity contribution in [3.05, 3.63) is 65.7 Å². The van der Waals surface area contributed by atoms with Crippen LogP contribution in [-0.2, 0) is 22.7 Å². The summed E-state index contributed by atoms with van der Waals surface area (Å²) in [4.78, 5) is 4.19. The molecule has 0 unspecified atom stereocenters. The molecule has 2 N–H and O–H groups in total. The van der Waals surface area contributed by atoms with Crippen LogP contribution in [-0.4, -0.2) is 46.4 Å². The van der Waals surface area contributed by atoms with Gasteiger partial charge in [0.15, 0.2) is 5.96 Å². The van der Waals surface area contributed by atoms with E-state index in [1.165, 1.54) is 5.56 Å². The van der Waals surface area contributed by atoms with Crippen LogP contribution in [0.5, 0.6) is 5.75 Å². The lowest BCUT2D eigenvalue weighted by Gasteiger charge is -2.13. The molecule has 6 nitrogen and oxygen atoms in total. The molecule has 0 fully saturated rings. The fourth-order valence-corrected chi connectivity index (χ4v) is 2.47. The summed E-state index contributed by atoms with van der Waals surface area (Å²) >= 11 is 0. The maximum Gasteiger partial charge on any atom is 0.191 e. The molecule has 0 radical (unpaired) electrons. The van der Waals surface area contributed by atoms with Gasteiger partial charge < -0.3 is 24.8 Å². The first-order valence-corrected chi connectivity index (χ1v) is 9.09. The number of rotatable bonds is 11. The van der Waals surface area contributed by atoms with Crippen molar-refractivity contribution in [3.63, 3.8) is 0 Å². The largest absolute Gasteiger partial charge is 0.496 e. The van der Waals surface area contributed by atoms with Gasteiger partial charge in [-0.1, -0.05) is 48.5 Å². The standard InChI is InChI=1S/C21H29N3O3/c1-22-21(23-12-14-26-16-18-8-4-3-5-9-18)24-13-15-27-17-19-10-6-7-11-20(19)25-2/h3-11H,12-17H2,1-2H3,(H2,22,23,24). The van der Waals surface area contributed by atoms with Crippen molar-refractivity contribution in [1.82, 2.24) is 10.6 Å². The molecule has 0 saturated carbocycles. The molecule has 0 atom stereocenters. The monoisotopic (exact) mass is 371 g/mol. The van der Waals surface area contributed by atoms with Crippen LogP contribution in [0.1, 0.15) is 11.1 Å². The lowest BCUT2D eigenvalue weighted by molar-refractivity contribution is 0.122. The van der Waals surface area contributed by atoms with Crippen LogP contribution in [0.4, 0.5) is 0 Å². The van der Waals surface area contributed by atoms with Crippen LogP contribution in [0.2, 0.25) is 0 Å². The van der Waals surface area contributed by atoms with Crippen molar-refractivity contribution >= 4 is 5.96 Å². The second kappa shape index (κ2) is 12.7. The third-order valence-electron chi connectivity index (χ3n) is 3.86. The molecule has 0 saturated heterocycles. The van der Waals surface area contributed by atoms with Crippen molar-refractivity contribution in [2.45, 2.75) is 13.2 Å². The van der Waals surface area contributed by atoms with Gasteiger partial charge in [0.1, 0.15) is 5.75 Å². The van der Waals surface area contributed by atoms with E-state index in [4.69, 9.17) is 14.2 Å². The van der Waals surface area contributed by atoms with E-state index in [-0.39, 0.29) is 0 Å². The van der Waals surface area contributed by atoms with E-state index in [1.807, 2.05) is 42.5 Å². The summed E-state index contributed by atoms with van der Waals surface area (Å²) in [6.45, 7) is 3.67. The Balaban J connectivity index is 1.53. The van der Waals surface area contributed by atoms with E-state index < -0.39 is 0 Å². The molecule has 0 aromatic heterocycles. The van der Waals surface area contributed by atoms with Crippen molar-refractivity contribution in [3.8, 4) is 5.75 Å². The van der Waals surface area contributed by atoms with Gasteiger partial charge in [0.25, 0.3) is 0 Å². The van der Waals surface area contributed by atoms with Gasteiger partial charge in [-0.15, -0.1) is 0 Å². The zero-order chi connectivity index (χ0) is 19.2. The number of para-hydroxylation sites is 1. The van der Waals surface area contributed by atoms with Gasteiger partial charge in [-0.2, -0.15) is 0 Å². The average molecular weight is 371 g/mol. The first kappa shape index (κ1) is 20.7. The number of nitrogens with one attached hydrogen (secondary N) is 2. The maximum atomic E-state index is 5.70. The van der Waals surface area contributed by atoms with Crippen molar-refractivity contribution < 1.29 is 14.2 Å². The summed E-state index contributed by atoms with van der Waals surface area (Å²) in [5.74, 6) is 1.58. The van der Waals surface area contributed by atoms with E-state index in [9.17, 15) is 0 Å². The average Bonchev–Trinajstić information content (AvgIpc) is 2.72. The third kappa shape index (κ3) is 8.11. The molecule has 27 heavy (non-hydrogen) atoms. The number of nitrogens with zero attached hydrogens (tertiary/aromatic N) is 1. The Morgan fingerprint density at radius 1 is 0.852 bits per heavy atom. The third-order valence-corrected chi connectivity index (χ3v) is 3.86. The predicted molar refractivity (Wildman–Crippen MR) is 108 cm³/mol. The number of ether oxygens (including phenoxy) is 3. The van der Waals surface area contributed by atoms with E-state index in [0.717, 1.165) is 17.3 Å². The van der Waals surface area contributed by atoms with Gasteiger partial charge in [-0.05, 0) is 11.6 Å². The van der Waals surface area contributed by atoms with Crippen LogP contribution in [0.25, 0.3) is 0 Å². The summed E-state index contributed by atoms with van der Waals surface area (Å²) in [5.41, 5.74) is 2.21. The molecule has 0 heterocycles. The zero-order valence-electron chi connectivity index (χ0n) is 16.1. The first-order valence-electron chi connectivity index (χ1n) is 9.09. The summed E-state index contributed by atoms with van der Waals surface area (Å²) in [6.07, 6.45) is 0. The van der Waals surface area contributed by atoms with E-state index >= 15 is 0 Å². The quantitative estimate of drug-likeness (QED) is 0.361. The molecule has 146 valence electrons. The smallest absolute Gasteiger partial charge is 0.191 e. The van der Waals surface area contributed by atoms with Gasteiger partial charge in [0.05, 0.1) is 33.5 Å². The van der Waals surface area contributed by atoms with Gasteiger partial charge in [0, 0.05) is 25.7 Å². The Morgan fingerprint density at radius 3 is 2.15 bits per heavy atom. The minimum absolute atomic E-state index is 0.519. The topological polar surface area (TPSA) is 64.1 Å². The molecule has 0 aliphatic rings. The Labute approximate surface area is 161 Å². The minimum Gasteiger partial charge on any atom is -0.496 e. The number of aliphatic imine (C=N–C) groups is 1. The number of hydrogen-bond donors (Lipinski definition) is 2. The van der Waals surface area contributed by atoms with Gasteiger partial charge in [0.2, 0.25) is 0 Å². The molecule has 0 aliphatic heterocycles. The van der Waals surface area contributed by atoms with Crippen LogP contribution < -0.4 is 15.4 Å². The SMILES string of the molecule is CN=C(NCCOCc1ccccc1)NCCOCc1ccccc1OC. The van der Waals surface area contributed by atoms with Crippen molar-refractivity contribution in [2.24, 2.45) is 4.99 Å². The highest BCUT2D eigenvalue weighted by atomic mass is 16.5. The number of benzene rings is 2. The fourth-order valence-electron chi connectivity index (χ4n) is 2.47. The summed E-state index contributed by atoms with van der Waals surface area (Å²) in [6, 6.07) is 18.0. The highest BCUT2D eigenvalue weighted by Crippen LogP contribution is 2.17. The Morgan fingerprint density at radius 2 is 1.48 bits per heavy atom. The second-order valence-corrected chi connectivity index (χ2v) is 5.83. The highest BCUT2D eigenvalue weighted by molar-refractivity contribution is 5.79. The first-order chi connectivity index (χ1) is 13.3. The summed E-state index contributed by atoms with van der Waals surface area (Å²) in [5, 5.41) is 6.44. The van der Waals surface area contributed by atoms with Crippen molar-refractivity contribution in [1.29, 1.82) is 0 Å². The normalized spacial score (nSPS) is 11.3. The molecular weight excluding hydrogens is 342 g/mol. The highest BCUT2D eigenvalue weighted by Gasteiger charge is 2.02. The second-order valence-electron chi connectivity index (χ2n) is 5.83. The Bertz CT molecular complexity index is 677. The molecular formula is C21H29N3O3. The maximum absolute atomic E-state index is 5.70.